The minimum absolute atomic E-state index is 0.111. The van der Waals surface area contributed by atoms with Crippen LogP contribution < -0.4 is 5.73 Å². The zero-order chi connectivity index (χ0) is 13.2. The molecule has 0 spiro atoms. The van der Waals surface area contributed by atoms with Crippen molar-refractivity contribution < 1.29 is 4.52 Å². The van der Waals surface area contributed by atoms with Crippen LogP contribution >= 0.6 is 11.6 Å². The fourth-order valence-corrected chi connectivity index (χ4v) is 2.58. The van der Waals surface area contributed by atoms with E-state index in [9.17, 15) is 0 Å². The van der Waals surface area contributed by atoms with Crippen LogP contribution in [0.2, 0.25) is 5.02 Å². The molecule has 0 aliphatic heterocycles. The number of rotatable bonds is 2. The van der Waals surface area contributed by atoms with Gasteiger partial charge in [-0.2, -0.15) is 4.98 Å². The summed E-state index contributed by atoms with van der Waals surface area (Å²) >= 11 is 5.80. The first kappa shape index (κ1) is 12.6. The summed E-state index contributed by atoms with van der Waals surface area (Å²) in [5, 5.41) is 4.56. The molecule has 0 bridgehead atoms. The molecule has 5 nitrogen and oxygen atoms in total. The van der Waals surface area contributed by atoms with E-state index < -0.39 is 0 Å². The van der Waals surface area contributed by atoms with Gasteiger partial charge in [-0.15, -0.1) is 0 Å². The van der Waals surface area contributed by atoms with Crippen LogP contribution in [-0.2, 0) is 0 Å². The van der Waals surface area contributed by atoms with Crippen LogP contribution in [0, 0.1) is 0 Å². The zero-order valence-corrected chi connectivity index (χ0v) is 11.2. The number of aromatic nitrogens is 3. The van der Waals surface area contributed by atoms with Gasteiger partial charge in [-0.3, -0.25) is 4.98 Å². The molecular formula is C13H15ClN4O. The van der Waals surface area contributed by atoms with Gasteiger partial charge in [-0.05, 0) is 25.0 Å². The van der Waals surface area contributed by atoms with Crippen LogP contribution in [0.4, 0.5) is 0 Å². The highest BCUT2D eigenvalue weighted by molar-refractivity contribution is 6.30. The molecule has 2 aromatic heterocycles. The van der Waals surface area contributed by atoms with Gasteiger partial charge in [-0.25, -0.2) is 0 Å². The summed E-state index contributed by atoms with van der Waals surface area (Å²) in [6, 6.07) is 3.64. The molecule has 0 amide bonds. The van der Waals surface area contributed by atoms with Crippen LogP contribution in [-0.4, -0.2) is 21.2 Å². The molecule has 1 saturated carbocycles. The molecule has 1 fully saturated rings. The summed E-state index contributed by atoms with van der Waals surface area (Å²) in [5.41, 5.74) is 6.77. The Morgan fingerprint density at radius 2 is 2.11 bits per heavy atom. The van der Waals surface area contributed by atoms with Gasteiger partial charge in [-0.1, -0.05) is 29.6 Å². The standard InChI is InChI=1S/C13H15ClN4O/c14-8-5-6-11(16-7-8)12-17-13(19-18-12)9-3-1-2-4-10(9)15/h5-7,9-10H,1-4,15H2. The van der Waals surface area contributed by atoms with Crippen LogP contribution in [0.25, 0.3) is 11.5 Å². The minimum atomic E-state index is 0.111. The molecule has 2 atom stereocenters. The van der Waals surface area contributed by atoms with Gasteiger partial charge in [0, 0.05) is 12.2 Å². The van der Waals surface area contributed by atoms with E-state index in [0.29, 0.717) is 22.4 Å². The normalized spacial score (nSPS) is 23.5. The molecule has 0 aromatic carbocycles. The first-order valence-electron chi connectivity index (χ1n) is 6.45. The van der Waals surface area contributed by atoms with Gasteiger partial charge in [0.05, 0.1) is 10.9 Å². The molecule has 1 aliphatic rings. The third-order valence-electron chi connectivity index (χ3n) is 3.53. The summed E-state index contributed by atoms with van der Waals surface area (Å²) in [5.74, 6) is 1.28. The second-order valence-corrected chi connectivity index (χ2v) is 5.31. The molecule has 100 valence electrons. The highest BCUT2D eigenvalue weighted by Gasteiger charge is 2.28. The molecule has 0 radical (unpaired) electrons. The maximum absolute atomic E-state index is 6.12. The van der Waals surface area contributed by atoms with Crippen LogP contribution in [0.15, 0.2) is 22.9 Å². The maximum atomic E-state index is 6.12. The molecule has 2 aromatic rings. The quantitative estimate of drug-likeness (QED) is 0.914. The van der Waals surface area contributed by atoms with Gasteiger partial charge in [0.25, 0.3) is 0 Å². The van der Waals surface area contributed by atoms with Crippen molar-refractivity contribution in [1.29, 1.82) is 0 Å². The van der Waals surface area contributed by atoms with Crippen molar-refractivity contribution in [3.63, 3.8) is 0 Å². The van der Waals surface area contributed by atoms with E-state index >= 15 is 0 Å². The lowest BCUT2D eigenvalue weighted by Gasteiger charge is -2.25. The summed E-state index contributed by atoms with van der Waals surface area (Å²) in [4.78, 5) is 8.60. The van der Waals surface area contributed by atoms with Crippen molar-refractivity contribution in [2.24, 2.45) is 5.73 Å². The highest BCUT2D eigenvalue weighted by Crippen LogP contribution is 2.31. The molecule has 0 saturated heterocycles. The van der Waals surface area contributed by atoms with Gasteiger partial charge >= 0.3 is 0 Å². The van der Waals surface area contributed by atoms with E-state index in [0.717, 1.165) is 19.3 Å². The minimum Gasteiger partial charge on any atom is -0.339 e. The van der Waals surface area contributed by atoms with E-state index in [4.69, 9.17) is 21.9 Å². The van der Waals surface area contributed by atoms with E-state index in [-0.39, 0.29) is 12.0 Å². The first-order valence-corrected chi connectivity index (χ1v) is 6.83. The molecular weight excluding hydrogens is 264 g/mol. The van der Waals surface area contributed by atoms with E-state index in [2.05, 4.69) is 15.1 Å². The first-order chi connectivity index (χ1) is 9.24. The van der Waals surface area contributed by atoms with Crippen molar-refractivity contribution >= 4 is 11.6 Å². The van der Waals surface area contributed by atoms with Crippen LogP contribution in [0.3, 0.4) is 0 Å². The summed E-state index contributed by atoms with van der Waals surface area (Å²) in [6.07, 6.45) is 5.93. The number of nitrogens with zero attached hydrogens (tertiary/aromatic N) is 3. The Kier molecular flexibility index (Phi) is 3.48. The van der Waals surface area contributed by atoms with E-state index in [1.165, 1.54) is 6.42 Å². The predicted octanol–water partition coefficient (Wildman–Crippen LogP) is 2.77. The van der Waals surface area contributed by atoms with Crippen LogP contribution in [0.1, 0.15) is 37.5 Å². The molecule has 2 heterocycles. The van der Waals surface area contributed by atoms with Gasteiger partial charge in [0.1, 0.15) is 5.69 Å². The SMILES string of the molecule is NC1CCCCC1c1nc(-c2ccc(Cl)cn2)no1. The predicted molar refractivity (Wildman–Crippen MR) is 71.7 cm³/mol. The summed E-state index contributed by atoms with van der Waals surface area (Å²) in [6.45, 7) is 0. The van der Waals surface area contributed by atoms with Crippen molar-refractivity contribution in [3.8, 4) is 11.5 Å². The van der Waals surface area contributed by atoms with Crippen molar-refractivity contribution in [2.45, 2.75) is 37.6 Å². The molecule has 1 aliphatic carbocycles. The average molecular weight is 279 g/mol. The Labute approximate surface area is 116 Å². The molecule has 2 unspecified atom stereocenters. The van der Waals surface area contributed by atoms with Crippen LogP contribution in [0.5, 0.6) is 0 Å². The molecule has 19 heavy (non-hydrogen) atoms. The fraction of sp³-hybridized carbons (Fsp3) is 0.462. The summed E-state index contributed by atoms with van der Waals surface area (Å²) < 4.78 is 5.35. The molecule has 6 heteroatoms. The zero-order valence-electron chi connectivity index (χ0n) is 10.4. The third-order valence-corrected chi connectivity index (χ3v) is 3.76. The maximum Gasteiger partial charge on any atom is 0.231 e. The van der Waals surface area contributed by atoms with Crippen molar-refractivity contribution in [3.05, 3.63) is 29.2 Å². The Morgan fingerprint density at radius 3 is 2.84 bits per heavy atom. The Hall–Kier alpha value is -1.46. The van der Waals surface area contributed by atoms with Gasteiger partial charge in [0.2, 0.25) is 11.7 Å². The van der Waals surface area contributed by atoms with Crippen molar-refractivity contribution in [2.75, 3.05) is 0 Å². The Bertz CT molecular complexity index is 554. The topological polar surface area (TPSA) is 77.8 Å². The van der Waals surface area contributed by atoms with E-state index in [1.54, 1.807) is 18.3 Å². The largest absolute Gasteiger partial charge is 0.339 e. The second-order valence-electron chi connectivity index (χ2n) is 4.87. The lowest BCUT2D eigenvalue weighted by Crippen LogP contribution is -2.31. The number of nitrogens with two attached hydrogens (primary N) is 1. The van der Waals surface area contributed by atoms with E-state index in [1.807, 2.05) is 0 Å². The third kappa shape index (κ3) is 2.62. The van der Waals surface area contributed by atoms with Gasteiger partial charge < -0.3 is 10.3 Å². The molecule has 3 rings (SSSR count). The lowest BCUT2D eigenvalue weighted by atomic mass is 9.85. The smallest absolute Gasteiger partial charge is 0.231 e. The fourth-order valence-electron chi connectivity index (χ4n) is 2.46. The number of hydrogen-bond donors (Lipinski definition) is 1. The highest BCUT2D eigenvalue weighted by atomic mass is 35.5. The summed E-state index contributed by atoms with van der Waals surface area (Å²) in [7, 11) is 0. The lowest BCUT2D eigenvalue weighted by molar-refractivity contribution is 0.290. The number of hydrogen-bond acceptors (Lipinski definition) is 5. The number of halogens is 1. The number of pyridine rings is 1. The molecule has 2 N–H and O–H groups in total. The Balaban J connectivity index is 1.84. The van der Waals surface area contributed by atoms with Gasteiger partial charge in [0.15, 0.2) is 0 Å². The average Bonchev–Trinajstić information content (AvgIpc) is 2.89. The van der Waals surface area contributed by atoms with Crippen molar-refractivity contribution in [1.82, 2.24) is 15.1 Å². The monoisotopic (exact) mass is 278 g/mol. The Morgan fingerprint density at radius 1 is 1.26 bits per heavy atom. The second kappa shape index (κ2) is 5.27.